The van der Waals surface area contributed by atoms with Crippen LogP contribution in [0, 0.1) is 5.82 Å². The fraction of sp³-hybridized carbons (Fsp3) is 0.188. The minimum Gasteiger partial charge on any atom is -0.478 e. The van der Waals surface area contributed by atoms with Gasteiger partial charge in [-0.1, -0.05) is 41.9 Å². The molecule has 0 heterocycles. The van der Waals surface area contributed by atoms with Crippen LogP contribution in [0.3, 0.4) is 0 Å². The molecule has 2 aromatic rings. The Labute approximate surface area is 127 Å². The molecular weight excluding hydrogens is 293 g/mol. The molecule has 0 aliphatic carbocycles. The summed E-state index contributed by atoms with van der Waals surface area (Å²) in [5.41, 5.74) is 1.76. The van der Waals surface area contributed by atoms with E-state index in [0.29, 0.717) is 30.6 Å². The van der Waals surface area contributed by atoms with Crippen LogP contribution in [0.15, 0.2) is 42.5 Å². The summed E-state index contributed by atoms with van der Waals surface area (Å²) in [4.78, 5) is 11.1. The van der Waals surface area contributed by atoms with E-state index in [-0.39, 0.29) is 5.02 Å². The van der Waals surface area contributed by atoms with Gasteiger partial charge in [0.15, 0.2) is 0 Å². The van der Waals surface area contributed by atoms with Crippen LogP contribution in [-0.2, 0) is 13.0 Å². The molecule has 2 aromatic carbocycles. The Morgan fingerprint density at radius 3 is 2.62 bits per heavy atom. The Hall–Kier alpha value is -1.91. The van der Waals surface area contributed by atoms with E-state index in [1.54, 1.807) is 30.3 Å². The molecule has 0 aliphatic rings. The highest BCUT2D eigenvalue weighted by molar-refractivity contribution is 6.31. The maximum Gasteiger partial charge on any atom is 0.335 e. The van der Waals surface area contributed by atoms with E-state index >= 15 is 0 Å². The molecule has 5 heteroatoms. The van der Waals surface area contributed by atoms with Crippen molar-refractivity contribution in [2.75, 3.05) is 6.54 Å². The summed E-state index contributed by atoms with van der Waals surface area (Å²) in [5, 5.41) is 12.3. The van der Waals surface area contributed by atoms with Crippen molar-refractivity contribution in [2.24, 2.45) is 0 Å². The summed E-state index contributed by atoms with van der Waals surface area (Å²) in [6, 6.07) is 11.6. The zero-order valence-corrected chi connectivity index (χ0v) is 12.0. The third-order valence-corrected chi connectivity index (χ3v) is 3.59. The van der Waals surface area contributed by atoms with E-state index in [4.69, 9.17) is 16.7 Å². The molecular formula is C16H15ClFNO2. The fourth-order valence-electron chi connectivity index (χ4n) is 2.08. The quantitative estimate of drug-likeness (QED) is 0.803. The van der Waals surface area contributed by atoms with Crippen LogP contribution in [0.1, 0.15) is 21.5 Å². The van der Waals surface area contributed by atoms with Gasteiger partial charge in [-0.05, 0) is 36.2 Å². The predicted octanol–water partition coefficient (Wildman–Crippen LogP) is 3.51. The number of hydrogen-bond donors (Lipinski definition) is 2. The number of rotatable bonds is 6. The van der Waals surface area contributed by atoms with Crippen LogP contribution < -0.4 is 5.32 Å². The van der Waals surface area contributed by atoms with E-state index in [1.165, 1.54) is 6.07 Å². The maximum absolute atomic E-state index is 13.3. The van der Waals surface area contributed by atoms with Crippen LogP contribution in [0.5, 0.6) is 0 Å². The number of aromatic carboxylic acids is 1. The van der Waals surface area contributed by atoms with Crippen molar-refractivity contribution in [3.8, 4) is 0 Å². The Balaban J connectivity index is 1.91. The molecule has 0 bridgehead atoms. The van der Waals surface area contributed by atoms with Crippen molar-refractivity contribution >= 4 is 17.6 Å². The van der Waals surface area contributed by atoms with Crippen LogP contribution in [0.4, 0.5) is 4.39 Å². The Morgan fingerprint density at radius 1 is 1.14 bits per heavy atom. The van der Waals surface area contributed by atoms with Gasteiger partial charge in [0, 0.05) is 6.54 Å². The van der Waals surface area contributed by atoms with Crippen LogP contribution in [0.2, 0.25) is 5.02 Å². The van der Waals surface area contributed by atoms with Gasteiger partial charge < -0.3 is 10.4 Å². The van der Waals surface area contributed by atoms with Crippen molar-refractivity contribution in [1.29, 1.82) is 0 Å². The molecule has 0 spiro atoms. The lowest BCUT2D eigenvalue weighted by Crippen LogP contribution is -2.18. The Bertz CT molecular complexity index is 646. The molecule has 0 aromatic heterocycles. The molecule has 2 N–H and O–H groups in total. The number of benzene rings is 2. The van der Waals surface area contributed by atoms with E-state index in [0.717, 1.165) is 5.56 Å². The van der Waals surface area contributed by atoms with Crippen molar-refractivity contribution in [2.45, 2.75) is 13.0 Å². The molecule has 21 heavy (non-hydrogen) atoms. The number of hydrogen-bond acceptors (Lipinski definition) is 2. The second-order valence-electron chi connectivity index (χ2n) is 4.60. The summed E-state index contributed by atoms with van der Waals surface area (Å²) in [5.74, 6) is -1.37. The van der Waals surface area contributed by atoms with Crippen LogP contribution >= 0.6 is 11.6 Å². The molecule has 3 nitrogen and oxygen atoms in total. The first-order valence-electron chi connectivity index (χ1n) is 6.54. The Morgan fingerprint density at radius 2 is 1.86 bits per heavy atom. The van der Waals surface area contributed by atoms with Gasteiger partial charge in [0.05, 0.1) is 10.6 Å². The van der Waals surface area contributed by atoms with Crippen molar-refractivity contribution in [3.63, 3.8) is 0 Å². The maximum atomic E-state index is 13.3. The Kier molecular flexibility index (Phi) is 5.31. The third kappa shape index (κ3) is 4.03. The van der Waals surface area contributed by atoms with E-state index in [1.807, 2.05) is 6.07 Å². The molecule has 110 valence electrons. The summed E-state index contributed by atoms with van der Waals surface area (Å²) >= 11 is 5.86. The van der Waals surface area contributed by atoms with Gasteiger partial charge in [-0.2, -0.15) is 0 Å². The second kappa shape index (κ2) is 7.20. The number of carbonyl (C=O) groups is 1. The minimum atomic E-state index is -0.932. The summed E-state index contributed by atoms with van der Waals surface area (Å²) in [7, 11) is 0. The minimum absolute atomic E-state index is 0.121. The number of carboxylic acid groups (broad SMARTS) is 1. The summed E-state index contributed by atoms with van der Waals surface area (Å²) in [6.07, 6.45) is 0.579. The zero-order chi connectivity index (χ0) is 15.2. The lowest BCUT2D eigenvalue weighted by atomic mass is 10.0. The molecule has 0 amide bonds. The third-order valence-electron chi connectivity index (χ3n) is 3.17. The SMILES string of the molecule is O=C(O)c1ccccc1CCNCc1cccc(F)c1Cl. The largest absolute Gasteiger partial charge is 0.478 e. The monoisotopic (exact) mass is 307 g/mol. The molecule has 0 atom stereocenters. The lowest BCUT2D eigenvalue weighted by Gasteiger charge is -2.09. The number of carboxylic acids is 1. The topological polar surface area (TPSA) is 49.3 Å². The molecule has 0 radical (unpaired) electrons. The average Bonchev–Trinajstić information content (AvgIpc) is 2.48. The fourth-order valence-corrected chi connectivity index (χ4v) is 2.27. The van der Waals surface area contributed by atoms with Crippen molar-refractivity contribution in [3.05, 3.63) is 70.0 Å². The number of halogens is 2. The van der Waals surface area contributed by atoms with Gasteiger partial charge in [-0.15, -0.1) is 0 Å². The highest BCUT2D eigenvalue weighted by atomic mass is 35.5. The average molecular weight is 308 g/mol. The van der Waals surface area contributed by atoms with E-state index < -0.39 is 11.8 Å². The van der Waals surface area contributed by atoms with Crippen LogP contribution in [0.25, 0.3) is 0 Å². The molecule has 0 fully saturated rings. The molecule has 0 saturated carbocycles. The molecule has 0 aliphatic heterocycles. The van der Waals surface area contributed by atoms with Gasteiger partial charge in [-0.3, -0.25) is 0 Å². The van der Waals surface area contributed by atoms with Gasteiger partial charge in [0.1, 0.15) is 5.82 Å². The first-order valence-corrected chi connectivity index (χ1v) is 6.92. The van der Waals surface area contributed by atoms with E-state index in [9.17, 15) is 9.18 Å². The molecule has 0 unspecified atom stereocenters. The normalized spacial score (nSPS) is 10.6. The molecule has 0 saturated heterocycles. The zero-order valence-electron chi connectivity index (χ0n) is 11.3. The number of nitrogens with one attached hydrogen (secondary N) is 1. The first-order chi connectivity index (χ1) is 10.1. The van der Waals surface area contributed by atoms with E-state index in [2.05, 4.69) is 5.32 Å². The summed E-state index contributed by atoms with van der Waals surface area (Å²) in [6.45, 7) is 1.02. The standard InChI is InChI=1S/C16H15ClFNO2/c17-15-12(5-3-7-14(15)18)10-19-9-8-11-4-1-2-6-13(11)16(20)21/h1-7,19H,8-10H2,(H,20,21). The van der Waals surface area contributed by atoms with Crippen molar-refractivity contribution in [1.82, 2.24) is 5.32 Å². The smallest absolute Gasteiger partial charge is 0.335 e. The van der Waals surface area contributed by atoms with Gasteiger partial charge in [0.2, 0.25) is 0 Å². The molecule has 2 rings (SSSR count). The predicted molar refractivity (Wildman–Crippen MR) is 80.2 cm³/mol. The second-order valence-corrected chi connectivity index (χ2v) is 4.98. The van der Waals surface area contributed by atoms with Gasteiger partial charge in [-0.25, -0.2) is 9.18 Å². The summed E-state index contributed by atoms with van der Waals surface area (Å²) < 4.78 is 13.3. The van der Waals surface area contributed by atoms with Gasteiger partial charge in [0.25, 0.3) is 0 Å². The lowest BCUT2D eigenvalue weighted by molar-refractivity contribution is 0.0695. The first kappa shape index (κ1) is 15.5. The van der Waals surface area contributed by atoms with Gasteiger partial charge >= 0.3 is 5.97 Å². The highest BCUT2D eigenvalue weighted by Gasteiger charge is 2.09. The van der Waals surface area contributed by atoms with Crippen molar-refractivity contribution < 1.29 is 14.3 Å². The van der Waals surface area contributed by atoms with Crippen LogP contribution in [-0.4, -0.2) is 17.6 Å². The highest BCUT2D eigenvalue weighted by Crippen LogP contribution is 2.19.